The van der Waals surface area contributed by atoms with Crippen LogP contribution in [-0.2, 0) is 12.8 Å². The summed E-state index contributed by atoms with van der Waals surface area (Å²) in [6.07, 6.45) is 2.82. The largest absolute Gasteiger partial charge is 0.304 e. The highest BCUT2D eigenvalue weighted by atomic mass is 16.2. The van der Waals surface area contributed by atoms with Crippen LogP contribution in [0.15, 0.2) is 24.3 Å². The molecule has 1 heterocycles. The molecule has 130 valence electrons. The fourth-order valence-electron chi connectivity index (χ4n) is 4.26. The molecule has 2 aromatic carbocycles. The van der Waals surface area contributed by atoms with Crippen LogP contribution in [0, 0.1) is 0 Å². The maximum atomic E-state index is 13.0. The van der Waals surface area contributed by atoms with Crippen molar-refractivity contribution in [2.24, 2.45) is 0 Å². The van der Waals surface area contributed by atoms with Crippen molar-refractivity contribution in [1.29, 1.82) is 0 Å². The van der Waals surface area contributed by atoms with Crippen molar-refractivity contribution in [2.75, 3.05) is 26.2 Å². The lowest BCUT2D eigenvalue weighted by Crippen LogP contribution is -2.42. The van der Waals surface area contributed by atoms with Crippen LogP contribution in [0.4, 0.5) is 0 Å². The van der Waals surface area contributed by atoms with E-state index in [2.05, 4.69) is 30.9 Å². The lowest BCUT2D eigenvalue weighted by Gasteiger charge is -2.28. The average Bonchev–Trinajstić information content (AvgIpc) is 3.06. The number of hydrogen-bond donors (Lipinski definition) is 0. The maximum Gasteiger partial charge on any atom is 0.261 e. The molecular weight excluding hydrogens is 312 g/mol. The summed E-state index contributed by atoms with van der Waals surface area (Å²) in [5.41, 5.74) is 3.93. The Balaban J connectivity index is 1.66. The fourth-order valence-corrected chi connectivity index (χ4v) is 4.26. The lowest BCUT2D eigenvalue weighted by molar-refractivity contribution is 0.0604. The normalized spacial score (nSPS) is 15.7. The monoisotopic (exact) mass is 336 g/mol. The van der Waals surface area contributed by atoms with Gasteiger partial charge in [-0.15, -0.1) is 0 Å². The summed E-state index contributed by atoms with van der Waals surface area (Å²) in [5.74, 6) is -0.264. The van der Waals surface area contributed by atoms with Crippen LogP contribution in [0.2, 0.25) is 0 Å². The minimum atomic E-state index is -0.132. The van der Waals surface area contributed by atoms with Crippen molar-refractivity contribution in [2.45, 2.75) is 33.1 Å². The summed E-state index contributed by atoms with van der Waals surface area (Å²) in [6, 6.07) is 7.98. The zero-order valence-electron chi connectivity index (χ0n) is 15.0. The summed E-state index contributed by atoms with van der Waals surface area (Å²) >= 11 is 0. The van der Waals surface area contributed by atoms with E-state index in [1.165, 1.54) is 16.0 Å². The third-order valence-corrected chi connectivity index (χ3v) is 5.70. The van der Waals surface area contributed by atoms with Gasteiger partial charge in [-0.3, -0.25) is 14.5 Å². The first-order valence-electron chi connectivity index (χ1n) is 9.31. The Morgan fingerprint density at radius 1 is 0.880 bits per heavy atom. The third-order valence-electron chi connectivity index (χ3n) is 5.70. The van der Waals surface area contributed by atoms with Crippen LogP contribution in [0.3, 0.4) is 0 Å². The fraction of sp³-hybridized carbons (Fsp3) is 0.429. The molecule has 0 saturated heterocycles. The second kappa shape index (κ2) is 6.26. The van der Waals surface area contributed by atoms with E-state index in [1.54, 1.807) is 0 Å². The molecule has 0 radical (unpaired) electrons. The first-order valence-corrected chi connectivity index (χ1v) is 9.31. The highest BCUT2D eigenvalue weighted by Gasteiger charge is 2.34. The molecule has 25 heavy (non-hydrogen) atoms. The summed E-state index contributed by atoms with van der Waals surface area (Å²) in [4.78, 5) is 29.7. The molecule has 2 aromatic rings. The van der Waals surface area contributed by atoms with Crippen LogP contribution in [0.1, 0.15) is 52.1 Å². The van der Waals surface area contributed by atoms with Crippen molar-refractivity contribution in [1.82, 2.24) is 9.80 Å². The zero-order chi connectivity index (χ0) is 17.6. The van der Waals surface area contributed by atoms with Gasteiger partial charge >= 0.3 is 0 Å². The van der Waals surface area contributed by atoms with E-state index in [0.717, 1.165) is 49.7 Å². The van der Waals surface area contributed by atoms with Crippen LogP contribution >= 0.6 is 0 Å². The summed E-state index contributed by atoms with van der Waals surface area (Å²) in [7, 11) is 0. The second-order valence-corrected chi connectivity index (χ2v) is 6.94. The Kier molecular flexibility index (Phi) is 4.08. The number of hydrogen-bond acceptors (Lipinski definition) is 3. The van der Waals surface area contributed by atoms with E-state index in [9.17, 15) is 9.59 Å². The number of carbonyl (C=O) groups excluding carboxylic acids is 2. The molecule has 0 bridgehead atoms. The molecule has 1 aliphatic carbocycles. The Labute approximate surface area is 148 Å². The summed E-state index contributed by atoms with van der Waals surface area (Å²) < 4.78 is 0. The molecule has 4 nitrogen and oxygen atoms in total. The SMILES string of the molecule is CCN(CC)CCCN1C(=O)c2ccc3c4c(ccc(c24)C1=O)CC3. The average molecular weight is 336 g/mol. The van der Waals surface area contributed by atoms with Crippen LogP contribution in [0.5, 0.6) is 0 Å². The predicted molar refractivity (Wildman–Crippen MR) is 99.1 cm³/mol. The number of nitrogens with zero attached hydrogens (tertiary/aromatic N) is 2. The van der Waals surface area contributed by atoms with E-state index < -0.39 is 0 Å². The second-order valence-electron chi connectivity index (χ2n) is 6.94. The molecule has 0 fully saturated rings. The van der Waals surface area contributed by atoms with E-state index in [-0.39, 0.29) is 11.8 Å². The van der Waals surface area contributed by atoms with Crippen molar-refractivity contribution < 1.29 is 9.59 Å². The minimum Gasteiger partial charge on any atom is -0.304 e. The predicted octanol–water partition coefficient (Wildman–Crippen LogP) is 3.27. The molecule has 0 N–H and O–H groups in total. The van der Waals surface area contributed by atoms with Gasteiger partial charge in [-0.25, -0.2) is 0 Å². The van der Waals surface area contributed by atoms with Gasteiger partial charge in [0.2, 0.25) is 0 Å². The molecule has 2 aliphatic rings. The molecule has 2 amide bonds. The molecule has 0 saturated carbocycles. The van der Waals surface area contributed by atoms with Crippen molar-refractivity contribution in [3.8, 4) is 0 Å². The van der Waals surface area contributed by atoms with Gasteiger partial charge in [-0.05, 0) is 67.5 Å². The van der Waals surface area contributed by atoms with E-state index >= 15 is 0 Å². The van der Waals surface area contributed by atoms with Crippen molar-refractivity contribution >= 4 is 22.6 Å². The van der Waals surface area contributed by atoms with E-state index in [1.807, 2.05) is 12.1 Å². The van der Waals surface area contributed by atoms with Gasteiger partial charge in [0.05, 0.1) is 0 Å². The highest BCUT2D eigenvalue weighted by molar-refractivity contribution is 6.26. The molecule has 0 unspecified atom stereocenters. The number of carbonyl (C=O) groups is 2. The quantitative estimate of drug-likeness (QED) is 0.760. The maximum absolute atomic E-state index is 13.0. The first-order chi connectivity index (χ1) is 12.2. The van der Waals surface area contributed by atoms with Crippen LogP contribution in [-0.4, -0.2) is 47.8 Å². The third kappa shape index (κ3) is 2.47. The molecule has 4 rings (SSSR count). The first kappa shape index (κ1) is 16.3. The molecule has 0 spiro atoms. The number of benzene rings is 2. The Morgan fingerprint density at radius 3 is 1.96 bits per heavy atom. The minimum absolute atomic E-state index is 0.132. The van der Waals surface area contributed by atoms with Gasteiger partial charge in [0.15, 0.2) is 0 Å². The summed E-state index contributed by atoms with van der Waals surface area (Å²) in [6.45, 7) is 7.64. The number of aryl methyl sites for hydroxylation is 2. The van der Waals surface area contributed by atoms with Gasteiger partial charge < -0.3 is 4.90 Å². The van der Waals surface area contributed by atoms with Crippen molar-refractivity contribution in [3.05, 3.63) is 46.5 Å². The molecule has 0 aromatic heterocycles. The Morgan fingerprint density at radius 2 is 1.44 bits per heavy atom. The van der Waals surface area contributed by atoms with E-state index in [4.69, 9.17) is 0 Å². The van der Waals surface area contributed by atoms with Crippen LogP contribution in [0.25, 0.3) is 10.8 Å². The van der Waals surface area contributed by atoms with Gasteiger partial charge in [-0.2, -0.15) is 0 Å². The lowest BCUT2D eigenvalue weighted by atomic mass is 9.91. The van der Waals surface area contributed by atoms with Gasteiger partial charge in [0.1, 0.15) is 0 Å². The number of amides is 2. The number of rotatable bonds is 6. The Hall–Kier alpha value is -2.20. The topological polar surface area (TPSA) is 40.6 Å². The van der Waals surface area contributed by atoms with Gasteiger partial charge in [0.25, 0.3) is 11.8 Å². The standard InChI is InChI=1S/C21H24N2O2/c1-3-22(4-2)12-5-13-23-20(24)16-10-8-14-6-7-15-9-11-17(21(23)25)19(16)18(14)15/h8-11H,3-7,12-13H2,1-2H3. The zero-order valence-corrected chi connectivity index (χ0v) is 15.0. The molecule has 4 heteroatoms. The van der Waals surface area contributed by atoms with Gasteiger partial charge in [-0.1, -0.05) is 26.0 Å². The van der Waals surface area contributed by atoms with Crippen LogP contribution < -0.4 is 0 Å². The smallest absolute Gasteiger partial charge is 0.261 e. The molecule has 0 atom stereocenters. The number of imide groups is 1. The highest BCUT2D eigenvalue weighted by Crippen LogP contribution is 2.38. The molecule has 1 aliphatic heterocycles. The summed E-state index contributed by atoms with van der Waals surface area (Å²) in [5, 5.41) is 2.04. The Bertz CT molecular complexity index is 809. The van der Waals surface area contributed by atoms with Crippen molar-refractivity contribution in [3.63, 3.8) is 0 Å². The van der Waals surface area contributed by atoms with Gasteiger partial charge in [0, 0.05) is 23.1 Å². The van der Waals surface area contributed by atoms with E-state index in [0.29, 0.717) is 17.7 Å². The molecular formula is C21H24N2O2.